The maximum absolute atomic E-state index is 11.7. The molecule has 0 aliphatic heterocycles. The molecule has 0 amide bonds. The number of carbonyl (C=O) groups is 1. The van der Waals surface area contributed by atoms with Gasteiger partial charge < -0.3 is 4.74 Å². The van der Waals surface area contributed by atoms with Gasteiger partial charge in [-0.05, 0) is 79.9 Å². The van der Waals surface area contributed by atoms with E-state index >= 15 is 0 Å². The third-order valence-corrected chi connectivity index (χ3v) is 8.04. The number of fused-ring (bicyclic) bond motifs is 6. The third kappa shape index (κ3) is 1.43. The van der Waals surface area contributed by atoms with Gasteiger partial charge in [-0.1, -0.05) is 12.5 Å². The molecule has 3 fully saturated rings. The van der Waals surface area contributed by atoms with Gasteiger partial charge in [0.1, 0.15) is 0 Å². The van der Waals surface area contributed by atoms with Crippen LogP contribution in [-0.4, -0.2) is 18.5 Å². The zero-order valence-electron chi connectivity index (χ0n) is 13.8. The van der Waals surface area contributed by atoms with E-state index in [1.807, 2.05) is 13.2 Å². The lowest BCUT2D eigenvalue weighted by atomic mass is 9.55. The summed E-state index contributed by atoms with van der Waals surface area (Å²) in [6.07, 6.45) is 11.3. The van der Waals surface area contributed by atoms with Crippen LogP contribution in [0, 0.1) is 23.2 Å². The van der Waals surface area contributed by atoms with Crippen molar-refractivity contribution in [2.75, 3.05) is 7.11 Å². The fourth-order valence-electron chi connectivity index (χ4n) is 6.89. The first-order chi connectivity index (χ1) is 10.6. The van der Waals surface area contributed by atoms with Crippen molar-refractivity contribution in [2.24, 2.45) is 23.2 Å². The summed E-state index contributed by atoms with van der Waals surface area (Å²) in [5, 5.41) is 0. The first-order valence-electron chi connectivity index (χ1n) is 9.10. The number of ether oxygens (including phenoxy) is 1. The van der Waals surface area contributed by atoms with Gasteiger partial charge in [0, 0.05) is 18.9 Å². The van der Waals surface area contributed by atoms with E-state index in [1.54, 1.807) is 11.1 Å². The van der Waals surface area contributed by atoms with Crippen molar-refractivity contribution in [1.82, 2.24) is 0 Å². The molecule has 0 aromatic rings. The number of hydrogen-bond donors (Lipinski definition) is 0. The first kappa shape index (κ1) is 13.5. The average molecular weight is 298 g/mol. The van der Waals surface area contributed by atoms with Gasteiger partial charge in [0.05, 0.1) is 5.60 Å². The molecule has 0 aromatic carbocycles. The van der Waals surface area contributed by atoms with Gasteiger partial charge >= 0.3 is 0 Å². The van der Waals surface area contributed by atoms with Crippen LogP contribution in [0.3, 0.4) is 0 Å². The molecule has 5 atom stereocenters. The largest absolute Gasteiger partial charge is 0.377 e. The lowest BCUT2D eigenvalue weighted by Gasteiger charge is -2.50. The number of allylic oxidation sites excluding steroid dienone is 4. The minimum absolute atomic E-state index is 0.215. The third-order valence-electron chi connectivity index (χ3n) is 8.04. The fraction of sp³-hybridized carbons (Fsp3) is 0.750. The van der Waals surface area contributed by atoms with E-state index in [1.165, 1.54) is 37.7 Å². The van der Waals surface area contributed by atoms with Crippen LogP contribution in [0.25, 0.3) is 0 Å². The molecule has 2 nitrogen and oxygen atoms in total. The van der Waals surface area contributed by atoms with Crippen molar-refractivity contribution in [3.05, 3.63) is 22.8 Å². The molecule has 118 valence electrons. The van der Waals surface area contributed by atoms with Gasteiger partial charge in [-0.2, -0.15) is 0 Å². The molecule has 5 aliphatic carbocycles. The molecule has 0 aromatic heterocycles. The summed E-state index contributed by atoms with van der Waals surface area (Å²) in [7, 11) is 1.94. The average Bonchev–Trinajstić information content (AvgIpc) is 3.18. The zero-order valence-corrected chi connectivity index (χ0v) is 13.8. The Bertz CT molecular complexity index is 624. The second kappa shape index (κ2) is 4.14. The molecular formula is C20H26O2. The summed E-state index contributed by atoms with van der Waals surface area (Å²) in [4.78, 5) is 11.7. The molecule has 22 heavy (non-hydrogen) atoms. The monoisotopic (exact) mass is 298 g/mol. The van der Waals surface area contributed by atoms with Crippen LogP contribution in [0.4, 0.5) is 0 Å². The van der Waals surface area contributed by atoms with Crippen LogP contribution in [0.1, 0.15) is 58.3 Å². The zero-order chi connectivity index (χ0) is 15.1. The van der Waals surface area contributed by atoms with Crippen molar-refractivity contribution < 1.29 is 9.53 Å². The predicted molar refractivity (Wildman–Crippen MR) is 85.4 cm³/mol. The molecule has 3 saturated carbocycles. The van der Waals surface area contributed by atoms with Crippen LogP contribution >= 0.6 is 0 Å². The van der Waals surface area contributed by atoms with Crippen LogP contribution in [-0.2, 0) is 9.53 Å². The Morgan fingerprint density at radius 1 is 1.23 bits per heavy atom. The Hall–Kier alpha value is -0.890. The Balaban J connectivity index is 1.55. The molecule has 0 heterocycles. The summed E-state index contributed by atoms with van der Waals surface area (Å²) >= 11 is 0. The van der Waals surface area contributed by atoms with Gasteiger partial charge in [-0.3, -0.25) is 4.79 Å². The molecule has 0 unspecified atom stereocenters. The van der Waals surface area contributed by atoms with Crippen molar-refractivity contribution in [2.45, 2.75) is 63.9 Å². The van der Waals surface area contributed by atoms with E-state index in [9.17, 15) is 4.79 Å². The molecule has 0 bridgehead atoms. The van der Waals surface area contributed by atoms with E-state index in [-0.39, 0.29) is 5.60 Å². The van der Waals surface area contributed by atoms with Gasteiger partial charge in [0.25, 0.3) is 0 Å². The highest BCUT2D eigenvalue weighted by atomic mass is 16.5. The van der Waals surface area contributed by atoms with Crippen molar-refractivity contribution >= 4 is 5.78 Å². The Morgan fingerprint density at radius 3 is 2.91 bits per heavy atom. The second-order valence-electron chi connectivity index (χ2n) is 8.54. The standard InChI is InChI=1S/C20H26O2/c1-19-8-7-16-15-6-4-14(21)9-12(15)3-5-17(16)18(19)10-13-11-20(13,19)22-2/h9,13,17-18H,3-8,10-11H2,1-2H3/t13-,17+,18-,19-,20-/m0/s1. The summed E-state index contributed by atoms with van der Waals surface area (Å²) in [5.74, 6) is 2.76. The van der Waals surface area contributed by atoms with E-state index in [4.69, 9.17) is 4.74 Å². The molecular weight excluding hydrogens is 272 g/mol. The molecule has 5 aliphatic rings. The van der Waals surface area contributed by atoms with E-state index in [0.29, 0.717) is 11.2 Å². The second-order valence-corrected chi connectivity index (χ2v) is 8.54. The normalized spacial score (nSPS) is 49.1. The van der Waals surface area contributed by atoms with Gasteiger partial charge in [0.15, 0.2) is 5.78 Å². The minimum Gasteiger partial charge on any atom is -0.377 e. The smallest absolute Gasteiger partial charge is 0.156 e. The molecule has 5 rings (SSSR count). The van der Waals surface area contributed by atoms with E-state index in [0.717, 1.165) is 37.0 Å². The lowest BCUT2D eigenvalue weighted by Crippen LogP contribution is -2.46. The number of rotatable bonds is 1. The van der Waals surface area contributed by atoms with E-state index in [2.05, 4.69) is 6.92 Å². The number of methoxy groups -OCH3 is 1. The molecule has 0 spiro atoms. The summed E-state index contributed by atoms with van der Waals surface area (Å²) in [6, 6.07) is 0. The van der Waals surface area contributed by atoms with Gasteiger partial charge in [-0.25, -0.2) is 0 Å². The maximum atomic E-state index is 11.7. The molecule has 0 radical (unpaired) electrons. The first-order valence-corrected chi connectivity index (χ1v) is 9.10. The van der Waals surface area contributed by atoms with Crippen molar-refractivity contribution in [3.8, 4) is 0 Å². The summed E-state index contributed by atoms with van der Waals surface area (Å²) in [6.45, 7) is 2.52. The number of hydrogen-bond acceptors (Lipinski definition) is 2. The fourth-order valence-corrected chi connectivity index (χ4v) is 6.89. The Morgan fingerprint density at radius 2 is 2.09 bits per heavy atom. The van der Waals surface area contributed by atoms with Crippen LogP contribution < -0.4 is 0 Å². The van der Waals surface area contributed by atoms with Crippen LogP contribution in [0.5, 0.6) is 0 Å². The van der Waals surface area contributed by atoms with Crippen molar-refractivity contribution in [3.63, 3.8) is 0 Å². The molecule has 2 heteroatoms. The summed E-state index contributed by atoms with van der Waals surface area (Å²) in [5.41, 5.74) is 5.32. The predicted octanol–water partition coefficient (Wildman–Crippen LogP) is 4.21. The number of ketones is 1. The van der Waals surface area contributed by atoms with Gasteiger partial charge in [0.2, 0.25) is 0 Å². The Kier molecular flexibility index (Phi) is 2.55. The highest BCUT2D eigenvalue weighted by Crippen LogP contribution is 2.75. The van der Waals surface area contributed by atoms with Gasteiger partial charge in [-0.15, -0.1) is 0 Å². The topological polar surface area (TPSA) is 26.3 Å². The van der Waals surface area contributed by atoms with E-state index < -0.39 is 0 Å². The van der Waals surface area contributed by atoms with Crippen molar-refractivity contribution in [1.29, 1.82) is 0 Å². The summed E-state index contributed by atoms with van der Waals surface area (Å²) < 4.78 is 6.07. The number of carbonyl (C=O) groups excluding carboxylic acids is 1. The highest BCUT2D eigenvalue weighted by molar-refractivity contribution is 5.93. The molecule has 0 saturated heterocycles. The highest BCUT2D eigenvalue weighted by Gasteiger charge is 2.74. The van der Waals surface area contributed by atoms with Crippen LogP contribution in [0.2, 0.25) is 0 Å². The van der Waals surface area contributed by atoms with Crippen LogP contribution in [0.15, 0.2) is 22.8 Å². The molecule has 0 N–H and O–H groups in total. The Labute approximate surface area is 133 Å². The quantitative estimate of drug-likeness (QED) is 0.725. The maximum Gasteiger partial charge on any atom is 0.156 e. The minimum atomic E-state index is 0.215. The SMILES string of the molecule is CO[C@@]12C[C@@H]1C[C@H]1[C@@H]3CCC4=CC(=O)CCC4=C3CC[C@@]12C. The lowest BCUT2D eigenvalue weighted by molar-refractivity contribution is -0.114.